The van der Waals surface area contributed by atoms with E-state index in [1.54, 1.807) is 0 Å². The van der Waals surface area contributed by atoms with E-state index in [0.29, 0.717) is 0 Å². The summed E-state index contributed by atoms with van der Waals surface area (Å²) in [5.41, 5.74) is 0. The predicted octanol–water partition coefficient (Wildman–Crippen LogP) is 3.33. The van der Waals surface area contributed by atoms with E-state index in [2.05, 4.69) is 0 Å². The highest BCUT2D eigenvalue weighted by atomic mass is 32.2. The van der Waals surface area contributed by atoms with Crippen LogP contribution in [0, 0.1) is 0 Å². The van der Waals surface area contributed by atoms with Crippen molar-refractivity contribution >= 4 is 10.0 Å². The van der Waals surface area contributed by atoms with Crippen molar-refractivity contribution in [3.05, 3.63) is 0 Å². The molecule has 0 amide bonds. The molecule has 0 aromatic rings. The molecule has 0 aliphatic rings. The molecule has 0 rings (SSSR count). The van der Waals surface area contributed by atoms with Gasteiger partial charge >= 0.3 is 35.1 Å². The summed E-state index contributed by atoms with van der Waals surface area (Å²) in [7, 11) is -6.94. The van der Waals surface area contributed by atoms with Gasteiger partial charge in [0.15, 0.2) is 0 Å². The van der Waals surface area contributed by atoms with Gasteiger partial charge in [-0.15, -0.1) is 0 Å². The maximum absolute atomic E-state index is 13.6. The van der Waals surface area contributed by atoms with Crippen LogP contribution < -0.4 is 0 Å². The molecule has 18 heteroatoms. The second kappa shape index (κ2) is 7.33. The first kappa shape index (κ1) is 27.0. The van der Waals surface area contributed by atoms with Gasteiger partial charge in [0.1, 0.15) is 0 Å². The second-order valence-corrected chi connectivity index (χ2v) is 7.30. The fourth-order valence-electron chi connectivity index (χ4n) is 1.53. The molecule has 0 saturated heterocycles. The first-order valence-electron chi connectivity index (χ1n) is 6.51. The number of alkyl halides is 13. The third-order valence-electron chi connectivity index (χ3n) is 3.27. The van der Waals surface area contributed by atoms with E-state index in [0.717, 1.165) is 0 Å². The van der Waals surface area contributed by atoms with Crippen molar-refractivity contribution in [2.24, 2.45) is 0 Å². The van der Waals surface area contributed by atoms with E-state index in [1.165, 1.54) is 0 Å². The summed E-state index contributed by atoms with van der Waals surface area (Å²) < 4.78 is 189. The molecule has 0 aliphatic carbocycles. The van der Waals surface area contributed by atoms with Crippen LogP contribution in [0.5, 0.6) is 0 Å². The minimum Gasteiger partial charge on any atom is -0.396 e. The monoisotopic (exact) mass is 471 g/mol. The molecule has 4 nitrogen and oxygen atoms in total. The van der Waals surface area contributed by atoms with Crippen LogP contribution in [0.1, 0.15) is 6.42 Å². The Balaban J connectivity index is 6.48. The van der Waals surface area contributed by atoms with Gasteiger partial charge in [0.25, 0.3) is 10.0 Å². The molecule has 170 valence electrons. The third kappa shape index (κ3) is 3.61. The Morgan fingerprint density at radius 2 is 1.07 bits per heavy atom. The summed E-state index contributed by atoms with van der Waals surface area (Å²) >= 11 is 0. The smallest absolute Gasteiger partial charge is 0.396 e. The van der Waals surface area contributed by atoms with Crippen LogP contribution in [-0.4, -0.2) is 73.1 Å². The van der Waals surface area contributed by atoms with Gasteiger partial charge in [-0.05, 0) is 6.42 Å². The number of sulfonamides is 1. The Labute approximate surface area is 147 Å². The van der Waals surface area contributed by atoms with Crippen LogP contribution in [0.4, 0.5) is 57.1 Å². The highest BCUT2D eigenvalue weighted by molar-refractivity contribution is 7.90. The number of aliphatic hydroxyl groups excluding tert-OH is 1. The molecule has 0 aromatic carbocycles. The Bertz CT molecular complexity index is 658. The zero-order valence-electron chi connectivity index (χ0n) is 13.2. The molecule has 0 spiro atoms. The van der Waals surface area contributed by atoms with E-state index in [9.17, 15) is 65.5 Å². The summed E-state index contributed by atoms with van der Waals surface area (Å²) in [6, 6.07) is 0. The highest BCUT2D eigenvalue weighted by Gasteiger charge is 2.92. The van der Waals surface area contributed by atoms with E-state index < -0.39 is 69.0 Å². The third-order valence-corrected chi connectivity index (χ3v) is 5.18. The molecule has 28 heavy (non-hydrogen) atoms. The number of rotatable bonds is 9. The lowest BCUT2D eigenvalue weighted by Crippen LogP contribution is -2.71. The van der Waals surface area contributed by atoms with Gasteiger partial charge in [-0.25, -0.2) is 8.42 Å². The lowest BCUT2D eigenvalue weighted by atomic mass is 9.98. The summed E-state index contributed by atoms with van der Waals surface area (Å²) in [6.45, 7) is -2.18. The Kier molecular flexibility index (Phi) is 7.06. The molecule has 0 saturated carbocycles. The van der Waals surface area contributed by atoms with E-state index in [-0.39, 0.29) is 7.05 Å². The first-order valence-corrected chi connectivity index (χ1v) is 7.95. The van der Waals surface area contributed by atoms with Crippen molar-refractivity contribution in [1.82, 2.24) is 4.31 Å². The predicted molar refractivity (Wildman–Crippen MR) is 64.0 cm³/mol. The minimum atomic E-state index is -8.19. The molecule has 0 fully saturated rings. The molecular weight excluding hydrogens is 461 g/mol. The van der Waals surface area contributed by atoms with Gasteiger partial charge in [0.2, 0.25) is 0 Å². The average molecular weight is 471 g/mol. The van der Waals surface area contributed by atoms with Crippen molar-refractivity contribution in [1.29, 1.82) is 0 Å². The van der Waals surface area contributed by atoms with E-state index >= 15 is 0 Å². The quantitative estimate of drug-likeness (QED) is 0.526. The van der Waals surface area contributed by atoms with Crippen molar-refractivity contribution < 1.29 is 70.6 Å². The summed E-state index contributed by atoms with van der Waals surface area (Å²) in [5.74, 6) is -32.2. The lowest BCUT2D eigenvalue weighted by molar-refractivity contribution is -0.433. The number of aliphatic hydroxyl groups is 1. The summed E-state index contributed by atoms with van der Waals surface area (Å²) in [4.78, 5) is 0. The second-order valence-electron chi connectivity index (χ2n) is 5.22. The Morgan fingerprint density at radius 3 is 1.39 bits per heavy atom. The molecule has 0 atom stereocenters. The molecular formula is C10H10F13NO3S. The van der Waals surface area contributed by atoms with Crippen LogP contribution in [0.3, 0.4) is 0 Å². The van der Waals surface area contributed by atoms with Gasteiger partial charge in [0, 0.05) is 20.2 Å². The number of hydrogen-bond acceptors (Lipinski definition) is 3. The number of halogens is 13. The van der Waals surface area contributed by atoms with Crippen molar-refractivity contribution in [2.75, 3.05) is 20.2 Å². The molecule has 1 N–H and O–H groups in total. The van der Waals surface area contributed by atoms with Crippen molar-refractivity contribution in [3.8, 4) is 0 Å². The molecule has 0 radical (unpaired) electrons. The minimum absolute atomic E-state index is 0.0512. The molecule has 0 heterocycles. The SMILES string of the molecule is CN(CCCO)S(=O)(=O)C(F)(F)C(F)(F)C(F)(F)C(F)(F)C(F)(F)C(F)(F)F. The Hall–Kier alpha value is -1.04. The van der Waals surface area contributed by atoms with E-state index in [4.69, 9.17) is 5.11 Å². The molecule has 0 aromatic heterocycles. The lowest BCUT2D eigenvalue weighted by Gasteiger charge is -2.40. The van der Waals surface area contributed by atoms with Crippen LogP contribution in [0.2, 0.25) is 0 Å². The topological polar surface area (TPSA) is 57.6 Å². The maximum Gasteiger partial charge on any atom is 0.460 e. The van der Waals surface area contributed by atoms with Gasteiger partial charge in [-0.2, -0.15) is 61.4 Å². The summed E-state index contributed by atoms with van der Waals surface area (Å²) in [5, 5.41) is 1.13. The normalized spacial score (nSPS) is 16.0. The van der Waals surface area contributed by atoms with Crippen molar-refractivity contribution in [2.45, 2.75) is 41.5 Å². The van der Waals surface area contributed by atoms with Gasteiger partial charge in [-0.3, -0.25) is 0 Å². The number of nitrogens with zero attached hydrogens (tertiary/aromatic N) is 1. The van der Waals surface area contributed by atoms with Gasteiger partial charge in [0.05, 0.1) is 0 Å². The number of hydrogen-bond donors (Lipinski definition) is 1. The molecule has 0 unspecified atom stereocenters. The Morgan fingerprint density at radius 1 is 0.714 bits per heavy atom. The fourth-order valence-corrected chi connectivity index (χ4v) is 2.74. The van der Waals surface area contributed by atoms with Crippen LogP contribution in [-0.2, 0) is 10.0 Å². The van der Waals surface area contributed by atoms with Gasteiger partial charge in [-0.1, -0.05) is 0 Å². The van der Waals surface area contributed by atoms with Gasteiger partial charge < -0.3 is 5.11 Å². The zero-order chi connectivity index (χ0) is 23.2. The average Bonchev–Trinajstić information content (AvgIpc) is 2.50. The molecule has 0 bridgehead atoms. The highest BCUT2D eigenvalue weighted by Crippen LogP contribution is 2.61. The van der Waals surface area contributed by atoms with Crippen LogP contribution in [0.15, 0.2) is 0 Å². The summed E-state index contributed by atoms with van der Waals surface area (Å²) in [6.07, 6.45) is -8.32. The largest absolute Gasteiger partial charge is 0.460 e. The fraction of sp³-hybridized carbons (Fsp3) is 1.00. The molecule has 0 aliphatic heterocycles. The van der Waals surface area contributed by atoms with Crippen LogP contribution >= 0.6 is 0 Å². The standard InChI is InChI=1S/C10H10F13NO3S/c1-24(3-2-4-25)28(26,27)10(22,23)8(17,18)6(13,14)5(11,12)7(15,16)9(19,20)21/h25H,2-4H2,1H3. The van der Waals surface area contributed by atoms with Crippen LogP contribution in [0.25, 0.3) is 0 Å². The first-order chi connectivity index (χ1) is 12.0. The van der Waals surface area contributed by atoms with Crippen molar-refractivity contribution in [3.63, 3.8) is 0 Å². The van der Waals surface area contributed by atoms with E-state index in [1.807, 2.05) is 0 Å². The zero-order valence-corrected chi connectivity index (χ0v) is 14.0. The maximum atomic E-state index is 13.6.